The van der Waals surface area contributed by atoms with Crippen molar-refractivity contribution in [3.8, 4) is 0 Å². The van der Waals surface area contributed by atoms with Crippen LogP contribution in [0.15, 0.2) is 48.7 Å². The lowest BCUT2D eigenvalue weighted by molar-refractivity contribution is 0.161. The topological polar surface area (TPSA) is 91.4 Å². The van der Waals surface area contributed by atoms with Crippen LogP contribution in [0.2, 0.25) is 0 Å². The number of nitrogens with zero attached hydrogens (tertiary/aromatic N) is 2. The molecule has 1 saturated heterocycles. The molecule has 1 aromatic heterocycles. The average molecular weight is 374 g/mol. The van der Waals surface area contributed by atoms with Gasteiger partial charge in [-0.1, -0.05) is 12.1 Å². The summed E-state index contributed by atoms with van der Waals surface area (Å²) in [7, 11) is -3.37. The molecule has 1 aliphatic rings. The first-order valence-corrected chi connectivity index (χ1v) is 10.4. The number of nitrogens with one attached hydrogen (secondary N) is 2. The molecule has 1 atom stereocenters. The lowest BCUT2D eigenvalue weighted by Gasteiger charge is -2.35. The minimum atomic E-state index is -3.37. The summed E-state index contributed by atoms with van der Waals surface area (Å²) < 4.78 is 25.1. The van der Waals surface area contributed by atoms with Gasteiger partial charge in [-0.25, -0.2) is 13.2 Å². The predicted molar refractivity (Wildman–Crippen MR) is 101 cm³/mol. The van der Waals surface area contributed by atoms with Crippen LogP contribution in [0.5, 0.6) is 0 Å². The molecule has 0 saturated carbocycles. The summed E-state index contributed by atoms with van der Waals surface area (Å²) in [6, 6.07) is 12.1. The molecule has 138 valence electrons. The quantitative estimate of drug-likeness (QED) is 0.860. The van der Waals surface area contributed by atoms with Gasteiger partial charge >= 0.3 is 6.03 Å². The summed E-state index contributed by atoms with van der Waals surface area (Å²) in [6.07, 6.45) is 5.70. The van der Waals surface area contributed by atoms with Crippen LogP contribution in [0.1, 0.15) is 31.0 Å². The molecule has 8 heteroatoms. The third kappa shape index (κ3) is 4.72. The van der Waals surface area contributed by atoms with Crippen LogP contribution in [0.3, 0.4) is 0 Å². The SMILES string of the molecule is CS(=O)(=O)Nc1cccc(NC(=O)N2CCCC[C@H]2c2ccccn2)c1. The monoisotopic (exact) mass is 374 g/mol. The smallest absolute Gasteiger partial charge is 0.316 e. The van der Waals surface area contributed by atoms with Gasteiger partial charge in [0.15, 0.2) is 0 Å². The molecule has 26 heavy (non-hydrogen) atoms. The van der Waals surface area contributed by atoms with Gasteiger partial charge in [0.2, 0.25) is 10.0 Å². The largest absolute Gasteiger partial charge is 0.322 e. The van der Waals surface area contributed by atoms with Crippen molar-refractivity contribution in [3.63, 3.8) is 0 Å². The van der Waals surface area contributed by atoms with Gasteiger partial charge in [0, 0.05) is 18.4 Å². The molecule has 2 N–H and O–H groups in total. The standard InChI is InChI=1S/C18H22N4O3S/c1-26(24,25)21-15-8-6-7-14(13-15)20-18(23)22-12-5-3-10-17(22)16-9-2-4-11-19-16/h2,4,6-9,11,13,17,21H,3,5,10,12H2,1H3,(H,20,23)/t17-/m0/s1. The summed E-state index contributed by atoms with van der Waals surface area (Å²) in [5.41, 5.74) is 1.83. The molecule has 0 aliphatic carbocycles. The number of rotatable bonds is 4. The maximum absolute atomic E-state index is 12.8. The summed E-state index contributed by atoms with van der Waals surface area (Å²) in [5, 5.41) is 2.86. The Labute approximate surface area is 153 Å². The van der Waals surface area contributed by atoms with E-state index in [0.717, 1.165) is 31.2 Å². The van der Waals surface area contributed by atoms with Gasteiger partial charge in [0.05, 0.1) is 23.7 Å². The maximum atomic E-state index is 12.8. The van der Waals surface area contributed by atoms with Gasteiger partial charge in [0.25, 0.3) is 0 Å². The molecule has 1 fully saturated rings. The van der Waals surface area contributed by atoms with Crippen molar-refractivity contribution in [2.24, 2.45) is 0 Å². The van der Waals surface area contributed by atoms with Crippen LogP contribution in [0, 0.1) is 0 Å². The Bertz CT molecular complexity index is 871. The highest BCUT2D eigenvalue weighted by Crippen LogP contribution is 2.30. The fourth-order valence-corrected chi connectivity index (χ4v) is 3.68. The van der Waals surface area contributed by atoms with E-state index in [1.54, 1.807) is 35.4 Å². The Morgan fingerprint density at radius 1 is 1.15 bits per heavy atom. The first-order chi connectivity index (χ1) is 12.4. The molecule has 0 unspecified atom stereocenters. The highest BCUT2D eigenvalue weighted by Gasteiger charge is 2.28. The van der Waals surface area contributed by atoms with Crippen LogP contribution in [0.4, 0.5) is 16.2 Å². The fourth-order valence-electron chi connectivity index (χ4n) is 3.13. The number of urea groups is 1. The molecule has 3 rings (SSSR count). The number of pyridine rings is 1. The molecule has 2 amide bonds. The highest BCUT2D eigenvalue weighted by atomic mass is 32.2. The molecule has 0 spiro atoms. The third-order valence-electron chi connectivity index (χ3n) is 4.21. The number of amides is 2. The number of benzene rings is 1. The van der Waals surface area contributed by atoms with Crippen molar-refractivity contribution in [2.75, 3.05) is 22.8 Å². The van der Waals surface area contributed by atoms with Crippen LogP contribution in [0.25, 0.3) is 0 Å². The van der Waals surface area contributed by atoms with E-state index in [0.29, 0.717) is 17.9 Å². The molecule has 1 aromatic carbocycles. The molecule has 2 heterocycles. The number of aromatic nitrogens is 1. The van der Waals surface area contributed by atoms with E-state index < -0.39 is 10.0 Å². The number of carbonyl (C=O) groups excluding carboxylic acids is 1. The van der Waals surface area contributed by atoms with Gasteiger partial charge in [-0.05, 0) is 49.6 Å². The number of carbonyl (C=O) groups is 1. The van der Waals surface area contributed by atoms with Gasteiger partial charge in [0.1, 0.15) is 0 Å². The van der Waals surface area contributed by atoms with Gasteiger partial charge < -0.3 is 10.2 Å². The number of sulfonamides is 1. The Balaban J connectivity index is 1.75. The molecular formula is C18H22N4O3S. The zero-order valence-electron chi connectivity index (χ0n) is 14.6. The van der Waals surface area contributed by atoms with Crippen molar-refractivity contribution in [1.29, 1.82) is 0 Å². The lowest BCUT2D eigenvalue weighted by atomic mass is 9.99. The van der Waals surface area contributed by atoms with E-state index in [4.69, 9.17) is 0 Å². The molecule has 2 aromatic rings. The minimum absolute atomic E-state index is 0.0534. The van der Waals surface area contributed by atoms with Crippen LogP contribution >= 0.6 is 0 Å². The van der Waals surface area contributed by atoms with E-state index in [9.17, 15) is 13.2 Å². The average Bonchev–Trinajstić information content (AvgIpc) is 2.61. The third-order valence-corrected chi connectivity index (χ3v) is 4.82. The van der Waals surface area contributed by atoms with Crippen molar-refractivity contribution < 1.29 is 13.2 Å². The highest BCUT2D eigenvalue weighted by molar-refractivity contribution is 7.92. The second-order valence-electron chi connectivity index (χ2n) is 6.34. The number of hydrogen-bond acceptors (Lipinski definition) is 4. The predicted octanol–water partition coefficient (Wildman–Crippen LogP) is 3.21. The molecule has 7 nitrogen and oxygen atoms in total. The zero-order valence-corrected chi connectivity index (χ0v) is 15.4. The summed E-state index contributed by atoms with van der Waals surface area (Å²) in [6.45, 7) is 0.661. The number of hydrogen-bond donors (Lipinski definition) is 2. The lowest BCUT2D eigenvalue weighted by Crippen LogP contribution is -2.41. The Morgan fingerprint density at radius 3 is 2.69 bits per heavy atom. The van der Waals surface area contributed by atoms with Crippen molar-refractivity contribution in [1.82, 2.24) is 9.88 Å². The zero-order chi connectivity index (χ0) is 18.6. The van der Waals surface area contributed by atoms with E-state index in [2.05, 4.69) is 15.0 Å². The second kappa shape index (κ2) is 7.74. The normalized spacial score (nSPS) is 17.6. The van der Waals surface area contributed by atoms with Crippen LogP contribution in [-0.2, 0) is 10.0 Å². The molecule has 1 aliphatic heterocycles. The number of likely N-dealkylation sites (tertiary alicyclic amines) is 1. The number of piperidine rings is 1. The van der Waals surface area contributed by atoms with Gasteiger partial charge in [-0.15, -0.1) is 0 Å². The minimum Gasteiger partial charge on any atom is -0.316 e. The second-order valence-corrected chi connectivity index (χ2v) is 8.09. The van der Waals surface area contributed by atoms with E-state index in [1.165, 1.54) is 0 Å². The molecule has 0 radical (unpaired) electrons. The summed E-state index contributed by atoms with van der Waals surface area (Å²) in [5.74, 6) is 0. The Kier molecular flexibility index (Phi) is 5.41. The van der Waals surface area contributed by atoms with Gasteiger partial charge in [-0.2, -0.15) is 0 Å². The van der Waals surface area contributed by atoms with E-state index in [-0.39, 0.29) is 12.1 Å². The first-order valence-electron chi connectivity index (χ1n) is 8.49. The fraction of sp³-hybridized carbons (Fsp3) is 0.333. The molecule has 0 bridgehead atoms. The maximum Gasteiger partial charge on any atom is 0.322 e. The summed E-state index contributed by atoms with van der Waals surface area (Å²) in [4.78, 5) is 19.0. The first kappa shape index (κ1) is 18.2. The van der Waals surface area contributed by atoms with Crippen molar-refractivity contribution in [2.45, 2.75) is 25.3 Å². The Morgan fingerprint density at radius 2 is 1.96 bits per heavy atom. The molecular weight excluding hydrogens is 352 g/mol. The summed E-state index contributed by atoms with van der Waals surface area (Å²) >= 11 is 0. The van der Waals surface area contributed by atoms with Gasteiger partial charge in [-0.3, -0.25) is 9.71 Å². The van der Waals surface area contributed by atoms with Crippen LogP contribution in [-0.4, -0.2) is 37.1 Å². The van der Waals surface area contributed by atoms with E-state index in [1.807, 2.05) is 18.2 Å². The van der Waals surface area contributed by atoms with Crippen LogP contribution < -0.4 is 10.0 Å². The van der Waals surface area contributed by atoms with Crippen molar-refractivity contribution >= 4 is 27.4 Å². The Hall–Kier alpha value is -2.61. The number of anilines is 2. The van der Waals surface area contributed by atoms with Crippen molar-refractivity contribution in [3.05, 3.63) is 54.4 Å². The van der Waals surface area contributed by atoms with E-state index >= 15 is 0 Å².